The Morgan fingerprint density at radius 1 is 0.833 bits per heavy atom. The number of carbonyl (C=O) groups is 2. The van der Waals surface area contributed by atoms with Crippen LogP contribution in [0.5, 0.6) is 0 Å². The van der Waals surface area contributed by atoms with Crippen molar-refractivity contribution >= 4 is 11.9 Å². The van der Waals surface area contributed by atoms with Crippen LogP contribution < -0.4 is 0 Å². The Hall–Kier alpha value is -1.58. The number of allylic oxidation sites excluding steroid dienone is 2. The van der Waals surface area contributed by atoms with Crippen molar-refractivity contribution in [3.05, 3.63) is 24.3 Å². The van der Waals surface area contributed by atoms with Gasteiger partial charge in [0.05, 0.1) is 13.2 Å². The summed E-state index contributed by atoms with van der Waals surface area (Å²) in [5, 5.41) is 0. The van der Waals surface area contributed by atoms with Crippen LogP contribution in [0.2, 0.25) is 0 Å². The van der Waals surface area contributed by atoms with Gasteiger partial charge in [-0.3, -0.25) is 0 Å². The van der Waals surface area contributed by atoms with Gasteiger partial charge in [0.25, 0.3) is 0 Å². The van der Waals surface area contributed by atoms with Crippen LogP contribution in [-0.4, -0.2) is 25.2 Å². The van der Waals surface area contributed by atoms with E-state index >= 15 is 0 Å². The molecule has 0 radical (unpaired) electrons. The number of ether oxygens (including phenoxy) is 2. The fourth-order valence-electron chi connectivity index (χ4n) is 0.999. The molecule has 0 spiro atoms. The molecule has 0 aromatic rings. The topological polar surface area (TPSA) is 52.6 Å². The third kappa shape index (κ3) is 10.9. The molecule has 0 N–H and O–H groups in total. The van der Waals surface area contributed by atoms with E-state index in [9.17, 15) is 9.59 Å². The second-order valence-electron chi connectivity index (χ2n) is 3.76. The second kappa shape index (κ2) is 11.9. The average molecular weight is 254 g/mol. The van der Waals surface area contributed by atoms with E-state index in [1.54, 1.807) is 0 Å². The predicted molar refractivity (Wildman–Crippen MR) is 70.0 cm³/mol. The maximum atomic E-state index is 11.1. The lowest BCUT2D eigenvalue weighted by Crippen LogP contribution is -2.02. The van der Waals surface area contributed by atoms with Crippen molar-refractivity contribution < 1.29 is 19.1 Å². The Balaban J connectivity index is 3.72. The number of esters is 2. The SMILES string of the molecule is CCCCOC(=O)C=CC=CC(=O)OCCCC. The highest BCUT2D eigenvalue weighted by Crippen LogP contribution is 1.92. The van der Waals surface area contributed by atoms with Crippen molar-refractivity contribution in [2.24, 2.45) is 0 Å². The minimum atomic E-state index is -0.396. The molecule has 4 heteroatoms. The first-order valence-corrected chi connectivity index (χ1v) is 6.39. The lowest BCUT2D eigenvalue weighted by Gasteiger charge is -1.98. The highest BCUT2D eigenvalue weighted by atomic mass is 16.5. The van der Waals surface area contributed by atoms with Gasteiger partial charge in [0.1, 0.15) is 0 Å². The van der Waals surface area contributed by atoms with Gasteiger partial charge in [-0.15, -0.1) is 0 Å². The van der Waals surface area contributed by atoms with Gasteiger partial charge in [0.2, 0.25) is 0 Å². The van der Waals surface area contributed by atoms with Gasteiger partial charge in [-0.05, 0) is 12.8 Å². The Morgan fingerprint density at radius 3 is 1.56 bits per heavy atom. The van der Waals surface area contributed by atoms with E-state index in [1.165, 1.54) is 24.3 Å². The molecule has 4 nitrogen and oxygen atoms in total. The van der Waals surface area contributed by atoms with E-state index in [-0.39, 0.29) is 0 Å². The van der Waals surface area contributed by atoms with Crippen LogP contribution >= 0.6 is 0 Å². The van der Waals surface area contributed by atoms with Crippen LogP contribution in [0, 0.1) is 0 Å². The molecule has 0 amide bonds. The van der Waals surface area contributed by atoms with Crippen LogP contribution in [0.15, 0.2) is 24.3 Å². The lowest BCUT2D eigenvalue weighted by molar-refractivity contribution is -0.138. The first-order valence-electron chi connectivity index (χ1n) is 6.39. The Labute approximate surface area is 109 Å². The molecule has 0 aliphatic heterocycles. The standard InChI is InChI=1S/C14H22O4/c1-3-5-11-17-13(15)9-7-8-10-14(16)18-12-6-4-2/h7-10H,3-6,11-12H2,1-2H3. The summed E-state index contributed by atoms with van der Waals surface area (Å²) in [5.74, 6) is -0.792. The zero-order valence-electron chi connectivity index (χ0n) is 11.2. The number of carbonyl (C=O) groups excluding carboxylic acids is 2. The summed E-state index contributed by atoms with van der Waals surface area (Å²) in [5.41, 5.74) is 0. The van der Waals surface area contributed by atoms with Crippen LogP contribution in [0.1, 0.15) is 39.5 Å². The number of rotatable bonds is 9. The zero-order chi connectivity index (χ0) is 13.6. The lowest BCUT2D eigenvalue weighted by atomic mass is 10.3. The second-order valence-corrected chi connectivity index (χ2v) is 3.76. The Morgan fingerprint density at radius 2 is 1.22 bits per heavy atom. The molecule has 0 fully saturated rings. The van der Waals surface area contributed by atoms with Crippen molar-refractivity contribution in [3.8, 4) is 0 Å². The monoisotopic (exact) mass is 254 g/mol. The first kappa shape index (κ1) is 16.4. The zero-order valence-corrected chi connectivity index (χ0v) is 11.2. The third-order valence-corrected chi connectivity index (χ3v) is 2.06. The smallest absolute Gasteiger partial charge is 0.330 e. The molecule has 0 unspecified atom stereocenters. The summed E-state index contributed by atoms with van der Waals surface area (Å²) in [6, 6.07) is 0. The predicted octanol–water partition coefficient (Wildman–Crippen LogP) is 2.79. The summed E-state index contributed by atoms with van der Waals surface area (Å²) in [4.78, 5) is 22.2. The molecule has 0 aromatic heterocycles. The van der Waals surface area contributed by atoms with Crippen molar-refractivity contribution in [2.45, 2.75) is 39.5 Å². The highest BCUT2D eigenvalue weighted by Gasteiger charge is 1.95. The van der Waals surface area contributed by atoms with E-state index in [1.807, 2.05) is 13.8 Å². The van der Waals surface area contributed by atoms with Crippen molar-refractivity contribution in [1.82, 2.24) is 0 Å². The van der Waals surface area contributed by atoms with Crippen LogP contribution in [0.4, 0.5) is 0 Å². The van der Waals surface area contributed by atoms with Crippen molar-refractivity contribution in [3.63, 3.8) is 0 Å². The maximum Gasteiger partial charge on any atom is 0.330 e. The molecule has 18 heavy (non-hydrogen) atoms. The van der Waals surface area contributed by atoms with E-state index in [0.717, 1.165) is 25.7 Å². The van der Waals surface area contributed by atoms with Crippen molar-refractivity contribution in [2.75, 3.05) is 13.2 Å². The van der Waals surface area contributed by atoms with Crippen LogP contribution in [0.25, 0.3) is 0 Å². The largest absolute Gasteiger partial charge is 0.463 e. The maximum absolute atomic E-state index is 11.1. The highest BCUT2D eigenvalue weighted by molar-refractivity contribution is 5.84. The van der Waals surface area contributed by atoms with E-state index in [0.29, 0.717) is 13.2 Å². The molecule has 0 rings (SSSR count). The molecule has 102 valence electrons. The van der Waals surface area contributed by atoms with Gasteiger partial charge < -0.3 is 9.47 Å². The minimum absolute atomic E-state index is 0.396. The summed E-state index contributed by atoms with van der Waals surface area (Å²) in [7, 11) is 0. The van der Waals surface area contributed by atoms with Gasteiger partial charge >= 0.3 is 11.9 Å². The molecular weight excluding hydrogens is 232 g/mol. The van der Waals surface area contributed by atoms with Gasteiger partial charge in [0.15, 0.2) is 0 Å². The third-order valence-electron chi connectivity index (χ3n) is 2.06. The summed E-state index contributed by atoms with van der Waals surface area (Å²) in [6.45, 7) is 4.91. The summed E-state index contributed by atoms with van der Waals surface area (Å²) in [6.07, 6.45) is 9.20. The molecule has 0 saturated heterocycles. The summed E-state index contributed by atoms with van der Waals surface area (Å²) >= 11 is 0. The van der Waals surface area contributed by atoms with E-state index < -0.39 is 11.9 Å². The molecule has 0 saturated carbocycles. The van der Waals surface area contributed by atoms with Crippen LogP contribution in [-0.2, 0) is 19.1 Å². The Kier molecular flexibility index (Phi) is 10.8. The molecule has 0 aromatic carbocycles. The molecule has 0 aliphatic rings. The fraction of sp³-hybridized carbons (Fsp3) is 0.571. The molecule has 0 bridgehead atoms. The molecule has 0 atom stereocenters. The molecule has 0 heterocycles. The first-order chi connectivity index (χ1) is 8.70. The van der Waals surface area contributed by atoms with Gasteiger partial charge in [-0.2, -0.15) is 0 Å². The number of hydrogen-bond donors (Lipinski definition) is 0. The Bertz CT molecular complexity index is 262. The fourth-order valence-corrected chi connectivity index (χ4v) is 0.999. The summed E-state index contributed by atoms with van der Waals surface area (Å²) < 4.78 is 9.79. The van der Waals surface area contributed by atoms with Gasteiger partial charge in [-0.25, -0.2) is 9.59 Å². The number of hydrogen-bond acceptors (Lipinski definition) is 4. The molecular formula is C14H22O4. The average Bonchev–Trinajstić information content (AvgIpc) is 2.35. The quantitative estimate of drug-likeness (QED) is 0.275. The van der Waals surface area contributed by atoms with Crippen molar-refractivity contribution in [1.29, 1.82) is 0 Å². The minimum Gasteiger partial charge on any atom is -0.463 e. The van der Waals surface area contributed by atoms with E-state index in [4.69, 9.17) is 9.47 Å². The van der Waals surface area contributed by atoms with E-state index in [2.05, 4.69) is 0 Å². The molecule has 0 aliphatic carbocycles. The van der Waals surface area contributed by atoms with Crippen LogP contribution in [0.3, 0.4) is 0 Å². The van der Waals surface area contributed by atoms with Gasteiger partial charge in [0, 0.05) is 12.2 Å². The number of unbranched alkanes of at least 4 members (excludes halogenated alkanes) is 2. The normalized spacial score (nSPS) is 11.0. The van der Waals surface area contributed by atoms with Gasteiger partial charge in [-0.1, -0.05) is 38.8 Å².